The highest BCUT2D eigenvalue weighted by Crippen LogP contribution is 2.35. The van der Waals surface area contributed by atoms with Crippen molar-refractivity contribution in [1.82, 2.24) is 5.32 Å². The van der Waals surface area contributed by atoms with Crippen LogP contribution in [0.1, 0.15) is 23.8 Å². The molecule has 1 aliphatic heterocycles. The topological polar surface area (TPSA) is 46.2 Å². The van der Waals surface area contributed by atoms with Gasteiger partial charge in [-0.15, -0.1) is 11.3 Å². The summed E-state index contributed by atoms with van der Waals surface area (Å²) in [4.78, 5) is 1.28. The zero-order chi connectivity index (χ0) is 12.5. The van der Waals surface area contributed by atoms with Crippen LogP contribution < -0.4 is 5.32 Å². The molecule has 0 aromatic carbocycles. The van der Waals surface area contributed by atoms with Gasteiger partial charge in [-0.1, -0.05) is 0 Å². The van der Waals surface area contributed by atoms with Crippen molar-refractivity contribution in [2.45, 2.75) is 18.9 Å². The Bertz CT molecular complexity index is 469. The average Bonchev–Trinajstić information content (AvgIpc) is 2.68. The molecule has 1 unspecified atom stereocenters. The van der Waals surface area contributed by atoms with E-state index >= 15 is 0 Å². The minimum Gasteiger partial charge on any atom is -0.312 e. The summed E-state index contributed by atoms with van der Waals surface area (Å²) in [6, 6.07) is 2.40. The quantitative estimate of drug-likeness (QED) is 0.922. The molecular formula is C11H16BrNO2S2. The normalized spacial score (nSPS) is 22.5. The number of halogens is 1. The van der Waals surface area contributed by atoms with Crippen LogP contribution >= 0.6 is 27.3 Å². The van der Waals surface area contributed by atoms with Crippen molar-refractivity contribution in [1.29, 1.82) is 0 Å². The summed E-state index contributed by atoms with van der Waals surface area (Å²) < 4.78 is 23.9. The first-order valence-electron chi connectivity index (χ1n) is 5.63. The van der Waals surface area contributed by atoms with Crippen LogP contribution in [-0.2, 0) is 9.84 Å². The van der Waals surface area contributed by atoms with Crippen LogP contribution in [0.5, 0.6) is 0 Å². The van der Waals surface area contributed by atoms with E-state index in [1.165, 1.54) is 4.88 Å². The summed E-state index contributed by atoms with van der Waals surface area (Å²) in [6.45, 7) is 0. The van der Waals surface area contributed by atoms with Gasteiger partial charge in [-0.05, 0) is 47.8 Å². The first kappa shape index (κ1) is 13.5. The van der Waals surface area contributed by atoms with E-state index in [1.807, 2.05) is 7.05 Å². The number of rotatable bonds is 3. The van der Waals surface area contributed by atoms with Gasteiger partial charge in [0.1, 0.15) is 9.84 Å². The van der Waals surface area contributed by atoms with Gasteiger partial charge in [-0.3, -0.25) is 0 Å². The Morgan fingerprint density at radius 1 is 1.47 bits per heavy atom. The molecular weight excluding hydrogens is 322 g/mol. The highest BCUT2D eigenvalue weighted by molar-refractivity contribution is 9.10. The van der Waals surface area contributed by atoms with E-state index in [1.54, 1.807) is 11.3 Å². The SMILES string of the molecule is CNC(c1cc(Br)cs1)C1CCS(=O)(=O)CC1. The van der Waals surface area contributed by atoms with Gasteiger partial charge in [0.25, 0.3) is 0 Å². The predicted molar refractivity (Wildman–Crippen MR) is 75.2 cm³/mol. The molecule has 0 amide bonds. The van der Waals surface area contributed by atoms with Crippen LogP contribution in [0, 0.1) is 5.92 Å². The molecule has 6 heteroatoms. The summed E-state index contributed by atoms with van der Waals surface area (Å²) >= 11 is 5.18. The van der Waals surface area contributed by atoms with Crippen LogP contribution in [0.25, 0.3) is 0 Å². The molecule has 96 valence electrons. The fraction of sp³-hybridized carbons (Fsp3) is 0.636. The van der Waals surface area contributed by atoms with Gasteiger partial charge in [-0.25, -0.2) is 8.42 Å². The van der Waals surface area contributed by atoms with Crippen molar-refractivity contribution in [2.24, 2.45) is 5.92 Å². The highest BCUT2D eigenvalue weighted by Gasteiger charge is 2.30. The molecule has 0 bridgehead atoms. The molecule has 1 saturated heterocycles. The van der Waals surface area contributed by atoms with E-state index in [0.29, 0.717) is 17.4 Å². The molecule has 2 heterocycles. The van der Waals surface area contributed by atoms with Crippen molar-refractivity contribution < 1.29 is 8.42 Å². The lowest BCUT2D eigenvalue weighted by Gasteiger charge is -2.29. The molecule has 0 spiro atoms. The molecule has 2 rings (SSSR count). The van der Waals surface area contributed by atoms with Gasteiger partial charge in [0.05, 0.1) is 11.5 Å². The molecule has 1 fully saturated rings. The van der Waals surface area contributed by atoms with E-state index in [9.17, 15) is 8.42 Å². The van der Waals surface area contributed by atoms with Gasteiger partial charge >= 0.3 is 0 Å². The summed E-state index contributed by atoms with van der Waals surface area (Å²) in [5.41, 5.74) is 0. The zero-order valence-electron chi connectivity index (χ0n) is 9.65. The fourth-order valence-corrected chi connectivity index (χ4v) is 5.52. The Kier molecular flexibility index (Phi) is 4.28. The van der Waals surface area contributed by atoms with E-state index in [-0.39, 0.29) is 6.04 Å². The van der Waals surface area contributed by atoms with Gasteiger partial charge in [-0.2, -0.15) is 0 Å². The molecule has 1 aromatic heterocycles. The zero-order valence-corrected chi connectivity index (χ0v) is 12.9. The number of thiophene rings is 1. The van der Waals surface area contributed by atoms with Crippen LogP contribution in [0.15, 0.2) is 15.9 Å². The molecule has 17 heavy (non-hydrogen) atoms. The molecule has 1 aliphatic rings. The maximum atomic E-state index is 11.4. The summed E-state index contributed by atoms with van der Waals surface area (Å²) in [7, 11) is -0.822. The second-order valence-corrected chi connectivity index (χ2v) is 8.59. The standard InChI is InChI=1S/C11H16BrNO2S2/c1-13-11(10-6-9(12)7-16-10)8-2-4-17(14,15)5-3-8/h6-8,11,13H,2-5H2,1H3. The number of hydrogen-bond acceptors (Lipinski definition) is 4. The van der Waals surface area contributed by atoms with E-state index in [4.69, 9.17) is 0 Å². The van der Waals surface area contributed by atoms with Gasteiger partial charge in [0.15, 0.2) is 0 Å². The van der Waals surface area contributed by atoms with E-state index in [0.717, 1.165) is 17.3 Å². The van der Waals surface area contributed by atoms with Gasteiger partial charge in [0.2, 0.25) is 0 Å². The predicted octanol–water partition coefficient (Wildman–Crippen LogP) is 2.60. The average molecular weight is 338 g/mol. The molecule has 1 N–H and O–H groups in total. The third-order valence-electron chi connectivity index (χ3n) is 3.28. The Hall–Kier alpha value is 0.0900. The summed E-state index contributed by atoms with van der Waals surface area (Å²) in [6.07, 6.45) is 1.53. The Morgan fingerprint density at radius 2 is 2.12 bits per heavy atom. The van der Waals surface area contributed by atoms with Crippen LogP contribution in [-0.4, -0.2) is 27.0 Å². The second kappa shape index (κ2) is 5.38. The fourth-order valence-electron chi connectivity index (χ4n) is 2.34. The third kappa shape index (κ3) is 3.30. The van der Waals surface area contributed by atoms with Gasteiger partial charge in [0, 0.05) is 20.8 Å². The first-order chi connectivity index (χ1) is 8.02. The van der Waals surface area contributed by atoms with Crippen molar-refractivity contribution in [2.75, 3.05) is 18.6 Å². The molecule has 0 radical (unpaired) electrons. The van der Waals surface area contributed by atoms with Crippen molar-refractivity contribution in [3.63, 3.8) is 0 Å². The lowest BCUT2D eigenvalue weighted by atomic mass is 9.93. The van der Waals surface area contributed by atoms with E-state index < -0.39 is 9.84 Å². The van der Waals surface area contributed by atoms with Crippen LogP contribution in [0.3, 0.4) is 0 Å². The largest absolute Gasteiger partial charge is 0.312 e. The van der Waals surface area contributed by atoms with Crippen LogP contribution in [0.4, 0.5) is 0 Å². The summed E-state index contributed by atoms with van der Waals surface area (Å²) in [5, 5.41) is 5.39. The molecule has 1 atom stereocenters. The maximum Gasteiger partial charge on any atom is 0.150 e. The smallest absolute Gasteiger partial charge is 0.150 e. The lowest BCUT2D eigenvalue weighted by molar-refractivity contribution is 0.354. The first-order valence-corrected chi connectivity index (χ1v) is 9.13. The highest BCUT2D eigenvalue weighted by atomic mass is 79.9. The van der Waals surface area contributed by atoms with Crippen LogP contribution in [0.2, 0.25) is 0 Å². The Labute approximate surface area is 115 Å². The molecule has 3 nitrogen and oxygen atoms in total. The molecule has 0 aliphatic carbocycles. The van der Waals surface area contributed by atoms with Gasteiger partial charge < -0.3 is 5.32 Å². The Balaban J connectivity index is 2.10. The van der Waals surface area contributed by atoms with Crippen molar-refractivity contribution >= 4 is 37.1 Å². The number of sulfone groups is 1. The monoisotopic (exact) mass is 337 g/mol. The van der Waals surface area contributed by atoms with Crippen molar-refractivity contribution in [3.05, 3.63) is 20.8 Å². The molecule has 0 saturated carbocycles. The lowest BCUT2D eigenvalue weighted by Crippen LogP contribution is -2.32. The van der Waals surface area contributed by atoms with E-state index in [2.05, 4.69) is 32.7 Å². The number of nitrogens with one attached hydrogen (secondary N) is 1. The Morgan fingerprint density at radius 3 is 2.59 bits per heavy atom. The molecule has 1 aromatic rings. The van der Waals surface area contributed by atoms with Crippen molar-refractivity contribution in [3.8, 4) is 0 Å². The second-order valence-electron chi connectivity index (χ2n) is 4.42. The summed E-state index contributed by atoms with van der Waals surface area (Å²) in [5.74, 6) is 1.10. The number of hydrogen-bond donors (Lipinski definition) is 1. The maximum absolute atomic E-state index is 11.4. The third-order valence-corrected chi connectivity index (χ3v) is 6.77. The minimum absolute atomic E-state index is 0.279. The minimum atomic E-state index is -2.77.